The third kappa shape index (κ3) is 3.14. The Morgan fingerprint density at radius 1 is 1.45 bits per heavy atom. The van der Waals surface area contributed by atoms with Crippen LogP contribution in [0.25, 0.3) is 0 Å². The van der Waals surface area contributed by atoms with E-state index in [0.29, 0.717) is 12.7 Å². The lowest BCUT2D eigenvalue weighted by molar-refractivity contribution is -0.108. The Morgan fingerprint density at radius 3 is 2.45 bits per heavy atom. The van der Waals surface area contributed by atoms with Crippen LogP contribution in [0, 0.1) is 5.41 Å². The third-order valence-corrected chi connectivity index (χ3v) is 0.919. The minimum Gasteiger partial charge on any atom is -0.393 e. The van der Waals surface area contributed by atoms with Gasteiger partial charge in [-0.1, -0.05) is 0 Å². The molecule has 1 amide bonds. The molecule has 0 aromatic rings. The summed E-state index contributed by atoms with van der Waals surface area (Å²) in [5.74, 6) is -0.218. The zero-order valence-corrected chi connectivity index (χ0v) is 6.05. The van der Waals surface area contributed by atoms with E-state index in [-0.39, 0.29) is 11.4 Å². The highest BCUT2D eigenvalue weighted by Crippen LogP contribution is 1.85. The van der Waals surface area contributed by atoms with Gasteiger partial charge in [0.15, 0.2) is 6.29 Å². The second-order valence-corrected chi connectivity index (χ2v) is 1.64. The first kappa shape index (κ1) is 9.35. The van der Waals surface area contributed by atoms with Crippen molar-refractivity contribution in [2.24, 2.45) is 0 Å². The summed E-state index contributed by atoms with van der Waals surface area (Å²) in [4.78, 5) is 20.0. The SMILES string of the molecule is CN/C=C(/C=O)C(=N)NC=O. The van der Waals surface area contributed by atoms with Crippen LogP contribution >= 0.6 is 0 Å². The first-order valence-corrected chi connectivity index (χ1v) is 2.88. The van der Waals surface area contributed by atoms with Gasteiger partial charge in [-0.2, -0.15) is 0 Å². The molecule has 0 aliphatic carbocycles. The maximum atomic E-state index is 10.2. The normalized spacial score (nSPS) is 10.1. The molecule has 0 atom stereocenters. The van der Waals surface area contributed by atoms with Gasteiger partial charge in [-0.3, -0.25) is 15.0 Å². The lowest BCUT2D eigenvalue weighted by Gasteiger charge is -1.98. The van der Waals surface area contributed by atoms with Crippen LogP contribution in [0.4, 0.5) is 0 Å². The molecular formula is C6H9N3O2. The van der Waals surface area contributed by atoms with Crippen molar-refractivity contribution >= 4 is 18.5 Å². The monoisotopic (exact) mass is 155 g/mol. The number of aldehydes is 1. The Kier molecular flexibility index (Phi) is 4.39. The van der Waals surface area contributed by atoms with Gasteiger partial charge in [0, 0.05) is 13.2 Å². The number of amidine groups is 1. The minimum absolute atomic E-state index is 0.0969. The van der Waals surface area contributed by atoms with Crippen molar-refractivity contribution in [2.45, 2.75) is 0 Å². The number of rotatable bonds is 4. The van der Waals surface area contributed by atoms with Crippen molar-refractivity contribution in [3.8, 4) is 0 Å². The molecule has 0 aromatic heterocycles. The van der Waals surface area contributed by atoms with E-state index in [9.17, 15) is 9.59 Å². The number of carbonyl (C=O) groups excluding carboxylic acids is 2. The van der Waals surface area contributed by atoms with Gasteiger partial charge in [0.1, 0.15) is 5.84 Å². The second kappa shape index (κ2) is 5.16. The molecule has 11 heavy (non-hydrogen) atoms. The number of carbonyl (C=O) groups is 2. The molecule has 0 spiro atoms. The van der Waals surface area contributed by atoms with E-state index in [4.69, 9.17) is 5.41 Å². The van der Waals surface area contributed by atoms with E-state index in [2.05, 4.69) is 5.32 Å². The quantitative estimate of drug-likeness (QED) is 0.211. The van der Waals surface area contributed by atoms with Crippen LogP contribution in [0.5, 0.6) is 0 Å². The Bertz CT molecular complexity index is 198. The van der Waals surface area contributed by atoms with Gasteiger partial charge in [0.25, 0.3) is 0 Å². The Hall–Kier alpha value is -1.65. The second-order valence-electron chi connectivity index (χ2n) is 1.64. The molecule has 5 heteroatoms. The maximum absolute atomic E-state index is 10.2. The molecule has 3 N–H and O–H groups in total. The Balaban J connectivity index is 4.25. The zero-order chi connectivity index (χ0) is 8.69. The predicted molar refractivity (Wildman–Crippen MR) is 40.1 cm³/mol. The number of amides is 1. The molecule has 60 valence electrons. The molecular weight excluding hydrogens is 146 g/mol. The van der Waals surface area contributed by atoms with Crippen molar-refractivity contribution < 1.29 is 9.59 Å². The summed E-state index contributed by atoms with van der Waals surface area (Å²) in [5.41, 5.74) is 0.0969. The van der Waals surface area contributed by atoms with Crippen LogP contribution < -0.4 is 10.6 Å². The maximum Gasteiger partial charge on any atom is 0.212 e. The average molecular weight is 155 g/mol. The minimum atomic E-state index is -0.218. The summed E-state index contributed by atoms with van der Waals surface area (Å²) in [6, 6.07) is 0. The largest absolute Gasteiger partial charge is 0.393 e. The van der Waals surface area contributed by atoms with E-state index in [1.807, 2.05) is 5.32 Å². The van der Waals surface area contributed by atoms with Crippen LogP contribution in [-0.2, 0) is 9.59 Å². The highest BCUT2D eigenvalue weighted by Gasteiger charge is 2.00. The lowest BCUT2D eigenvalue weighted by Crippen LogP contribution is -2.24. The van der Waals surface area contributed by atoms with E-state index in [1.165, 1.54) is 6.20 Å². The van der Waals surface area contributed by atoms with E-state index in [0.717, 1.165) is 0 Å². The summed E-state index contributed by atoms with van der Waals surface area (Å²) in [6.45, 7) is 0. The van der Waals surface area contributed by atoms with Crippen molar-refractivity contribution in [1.82, 2.24) is 10.6 Å². The fourth-order valence-corrected chi connectivity index (χ4v) is 0.463. The average Bonchev–Trinajstić information content (AvgIpc) is 2.00. The van der Waals surface area contributed by atoms with E-state index < -0.39 is 0 Å². The molecule has 0 aromatic carbocycles. The molecule has 0 rings (SSSR count). The molecule has 0 bridgehead atoms. The number of hydrogen-bond acceptors (Lipinski definition) is 4. The van der Waals surface area contributed by atoms with Crippen LogP contribution in [0.15, 0.2) is 11.8 Å². The topological polar surface area (TPSA) is 82.1 Å². The standard InChI is InChI=1S/C6H9N3O2/c1-8-2-5(3-10)6(7)9-4-11/h2-4,8H,1H3,(H2,7,9,11)/b5-2-. The van der Waals surface area contributed by atoms with Gasteiger partial charge in [-0.15, -0.1) is 0 Å². The molecule has 0 unspecified atom stereocenters. The molecule has 0 saturated heterocycles. The summed E-state index contributed by atoms with van der Waals surface area (Å²) >= 11 is 0. The number of hydrogen-bond donors (Lipinski definition) is 3. The molecule has 0 aliphatic rings. The molecule has 0 heterocycles. The number of nitrogens with one attached hydrogen (secondary N) is 3. The summed E-state index contributed by atoms with van der Waals surface area (Å²) in [7, 11) is 1.59. The van der Waals surface area contributed by atoms with Gasteiger partial charge < -0.3 is 10.6 Å². The van der Waals surface area contributed by atoms with Gasteiger partial charge in [0.2, 0.25) is 6.41 Å². The van der Waals surface area contributed by atoms with Crippen LogP contribution in [0.3, 0.4) is 0 Å². The van der Waals surface area contributed by atoms with Crippen molar-refractivity contribution in [1.29, 1.82) is 5.41 Å². The molecule has 5 nitrogen and oxygen atoms in total. The van der Waals surface area contributed by atoms with E-state index >= 15 is 0 Å². The van der Waals surface area contributed by atoms with Crippen molar-refractivity contribution in [3.05, 3.63) is 11.8 Å². The van der Waals surface area contributed by atoms with Crippen LogP contribution in [-0.4, -0.2) is 25.6 Å². The summed E-state index contributed by atoms with van der Waals surface area (Å²) in [5, 5.41) is 11.7. The molecule has 0 saturated carbocycles. The van der Waals surface area contributed by atoms with Gasteiger partial charge in [-0.25, -0.2) is 0 Å². The summed E-state index contributed by atoms with van der Waals surface area (Å²) < 4.78 is 0. The summed E-state index contributed by atoms with van der Waals surface area (Å²) in [6.07, 6.45) is 2.15. The fraction of sp³-hybridized carbons (Fsp3) is 0.167. The van der Waals surface area contributed by atoms with Crippen molar-refractivity contribution in [2.75, 3.05) is 7.05 Å². The molecule has 0 fully saturated rings. The van der Waals surface area contributed by atoms with Crippen LogP contribution in [0.1, 0.15) is 0 Å². The Morgan fingerprint density at radius 2 is 2.09 bits per heavy atom. The predicted octanol–water partition coefficient (Wildman–Crippen LogP) is -0.988. The van der Waals surface area contributed by atoms with Gasteiger partial charge >= 0.3 is 0 Å². The zero-order valence-electron chi connectivity index (χ0n) is 6.05. The third-order valence-electron chi connectivity index (χ3n) is 0.919. The first-order chi connectivity index (χ1) is 5.26. The van der Waals surface area contributed by atoms with Gasteiger partial charge in [-0.05, 0) is 0 Å². The van der Waals surface area contributed by atoms with Gasteiger partial charge in [0.05, 0.1) is 5.57 Å². The lowest BCUT2D eigenvalue weighted by atomic mass is 10.3. The van der Waals surface area contributed by atoms with Crippen molar-refractivity contribution in [3.63, 3.8) is 0 Å². The molecule has 0 aliphatic heterocycles. The smallest absolute Gasteiger partial charge is 0.212 e. The van der Waals surface area contributed by atoms with Crippen LogP contribution in [0.2, 0.25) is 0 Å². The molecule has 0 radical (unpaired) electrons. The highest BCUT2D eigenvalue weighted by atomic mass is 16.1. The first-order valence-electron chi connectivity index (χ1n) is 2.88. The Labute approximate surface area is 64.0 Å². The fourth-order valence-electron chi connectivity index (χ4n) is 0.463. The highest BCUT2D eigenvalue weighted by molar-refractivity contribution is 6.14. The van der Waals surface area contributed by atoms with E-state index in [1.54, 1.807) is 7.05 Å².